The molecule has 0 aromatic heterocycles. The minimum absolute atomic E-state index is 0.126. The van der Waals surface area contributed by atoms with Gasteiger partial charge in [-0.3, -0.25) is 4.79 Å². The molecule has 0 aromatic rings. The van der Waals surface area contributed by atoms with Crippen molar-refractivity contribution in [3.8, 4) is 0 Å². The number of hydrogen-bond donors (Lipinski definition) is 0. The van der Waals surface area contributed by atoms with E-state index in [1.54, 1.807) is 0 Å². The molecule has 22 heteroatoms. The fourth-order valence-electron chi connectivity index (χ4n) is 4.43. The number of hydrogen-bond acceptors (Lipinski definition) is 2. The Morgan fingerprint density at radius 2 is 0.911 bits per heavy atom. The minimum atomic E-state index is -9.07. The van der Waals surface area contributed by atoms with Gasteiger partial charge in [0.15, 0.2) is 6.61 Å². The lowest BCUT2D eigenvalue weighted by Gasteiger charge is -2.44. The van der Waals surface area contributed by atoms with E-state index >= 15 is 0 Å². The van der Waals surface area contributed by atoms with Gasteiger partial charge in [0.25, 0.3) is 0 Å². The summed E-state index contributed by atoms with van der Waals surface area (Å²) in [5, 5.41) is 0. The van der Waals surface area contributed by atoms with Crippen LogP contribution < -0.4 is 0 Å². The zero-order valence-electron chi connectivity index (χ0n) is 22.5. The Hall–Kier alpha value is -1.93. The molecule has 0 radical (unpaired) electrons. The third-order valence-corrected chi connectivity index (χ3v) is 7.35. The van der Waals surface area contributed by atoms with Crippen LogP contribution in [0.15, 0.2) is 0 Å². The van der Waals surface area contributed by atoms with Gasteiger partial charge in [-0.15, -0.1) is 0 Å². The van der Waals surface area contributed by atoms with Crippen molar-refractivity contribution in [3.05, 3.63) is 0 Å². The second kappa shape index (κ2) is 12.9. The molecule has 0 amide bonds. The summed E-state index contributed by atoms with van der Waals surface area (Å²) in [5.74, 6) is -77.4. The molecule has 0 spiro atoms. The normalized spacial score (nSPS) is 20.5. The summed E-state index contributed by atoms with van der Waals surface area (Å²) in [6.45, 7) is -1.40. The maximum absolute atomic E-state index is 13.9. The molecule has 0 aromatic carbocycles. The van der Waals surface area contributed by atoms with Crippen LogP contribution in [-0.2, 0) is 9.53 Å². The Morgan fingerprint density at radius 3 is 1.27 bits per heavy atom. The smallest absolute Gasteiger partial charge is 0.385 e. The van der Waals surface area contributed by atoms with Crippen LogP contribution >= 0.6 is 0 Å². The van der Waals surface area contributed by atoms with Gasteiger partial charge in [0, 0.05) is 6.42 Å². The van der Waals surface area contributed by atoms with Crippen molar-refractivity contribution in [3.63, 3.8) is 0 Å². The van der Waals surface area contributed by atoms with Crippen molar-refractivity contribution in [2.24, 2.45) is 11.8 Å². The van der Waals surface area contributed by atoms with E-state index in [0.717, 1.165) is 12.8 Å². The Kier molecular flexibility index (Phi) is 11.8. The monoisotopic (exact) mass is 712 g/mol. The van der Waals surface area contributed by atoms with Crippen LogP contribution in [0.25, 0.3) is 0 Å². The van der Waals surface area contributed by atoms with Gasteiger partial charge in [0.05, 0.1) is 0 Å². The number of rotatable bonds is 16. The Bertz CT molecular complexity index is 1000. The summed E-state index contributed by atoms with van der Waals surface area (Å²) < 4.78 is 273. The molecule has 0 atom stereocenters. The highest BCUT2D eigenvalue weighted by atomic mass is 19.4. The van der Waals surface area contributed by atoms with E-state index in [2.05, 4.69) is 4.74 Å². The first-order chi connectivity index (χ1) is 19.8. The first-order valence-electron chi connectivity index (χ1n) is 12.7. The molecule has 1 fully saturated rings. The SMILES string of the molecule is CCC[C@H]1CC[C@H](CCC(=O)OCC(F)(F)C(F)(F)C(F)(F)C(F)(F)C(F)(F)C(F)(F)C(F)(F)C(F)(F)C(F)(F)C(F)F)CC1. The second-order valence-corrected chi connectivity index (χ2v) is 10.5. The summed E-state index contributed by atoms with van der Waals surface area (Å²) >= 11 is 0. The Balaban J connectivity index is 3.22. The first-order valence-corrected chi connectivity index (χ1v) is 12.7. The third kappa shape index (κ3) is 6.75. The van der Waals surface area contributed by atoms with Crippen molar-refractivity contribution in [2.75, 3.05) is 6.61 Å². The number of esters is 1. The molecule has 268 valence electrons. The fraction of sp³-hybridized carbons (Fsp3) is 0.957. The van der Waals surface area contributed by atoms with Crippen LogP contribution in [0, 0.1) is 11.8 Å². The van der Waals surface area contributed by atoms with Crippen LogP contribution in [0.5, 0.6) is 0 Å². The number of halogens is 20. The van der Waals surface area contributed by atoms with Gasteiger partial charge >= 0.3 is 65.7 Å². The maximum atomic E-state index is 13.9. The molecule has 0 heterocycles. The van der Waals surface area contributed by atoms with Crippen molar-refractivity contribution in [2.45, 2.75) is 118 Å². The van der Waals surface area contributed by atoms with Crippen LogP contribution in [0.2, 0.25) is 0 Å². The highest BCUT2D eigenvalue weighted by Crippen LogP contribution is 2.65. The molecule has 0 saturated heterocycles. The number of carbonyl (C=O) groups excluding carboxylic acids is 1. The van der Waals surface area contributed by atoms with E-state index < -0.39 is 78.7 Å². The van der Waals surface area contributed by atoms with E-state index in [0.29, 0.717) is 31.6 Å². The molecular weight excluding hydrogens is 688 g/mol. The van der Waals surface area contributed by atoms with Crippen LogP contribution in [0.1, 0.15) is 58.3 Å². The predicted octanol–water partition coefficient (Wildman–Crippen LogP) is 9.90. The minimum Gasteiger partial charge on any atom is -0.459 e. The van der Waals surface area contributed by atoms with Gasteiger partial charge in [-0.25, -0.2) is 8.78 Å². The van der Waals surface area contributed by atoms with Gasteiger partial charge in [0.1, 0.15) is 0 Å². The van der Waals surface area contributed by atoms with E-state index in [4.69, 9.17) is 0 Å². The number of alkyl halides is 20. The summed E-state index contributed by atoms with van der Waals surface area (Å²) in [7, 11) is 0. The summed E-state index contributed by atoms with van der Waals surface area (Å²) in [6, 6.07) is 0. The lowest BCUT2D eigenvalue weighted by molar-refractivity contribution is -0.465. The van der Waals surface area contributed by atoms with Gasteiger partial charge in [0.2, 0.25) is 0 Å². The van der Waals surface area contributed by atoms with Crippen molar-refractivity contribution in [1.82, 2.24) is 0 Å². The average Bonchev–Trinajstić information content (AvgIpc) is 2.90. The van der Waals surface area contributed by atoms with Gasteiger partial charge < -0.3 is 4.74 Å². The molecule has 0 bridgehead atoms. The van der Waals surface area contributed by atoms with Gasteiger partial charge in [-0.1, -0.05) is 45.4 Å². The molecule has 1 saturated carbocycles. The van der Waals surface area contributed by atoms with Gasteiger partial charge in [-0.05, 0) is 18.3 Å². The lowest BCUT2D eigenvalue weighted by atomic mass is 9.78. The molecule has 0 N–H and O–H groups in total. The molecule has 0 aliphatic heterocycles. The van der Waals surface area contributed by atoms with E-state index in [1.807, 2.05) is 6.92 Å². The molecule has 45 heavy (non-hydrogen) atoms. The van der Waals surface area contributed by atoms with E-state index in [9.17, 15) is 92.6 Å². The van der Waals surface area contributed by atoms with Crippen LogP contribution in [-0.4, -0.2) is 72.3 Å². The Morgan fingerprint density at radius 1 is 0.578 bits per heavy atom. The third-order valence-electron chi connectivity index (χ3n) is 7.35. The zero-order chi connectivity index (χ0) is 35.9. The van der Waals surface area contributed by atoms with E-state index in [-0.39, 0.29) is 12.3 Å². The average molecular weight is 712 g/mol. The first kappa shape index (κ1) is 41.1. The topological polar surface area (TPSA) is 26.3 Å². The summed E-state index contributed by atoms with van der Waals surface area (Å²) in [5.41, 5.74) is 0. The fourth-order valence-corrected chi connectivity index (χ4v) is 4.43. The van der Waals surface area contributed by atoms with Crippen molar-refractivity contribution < 1.29 is 97.3 Å². The number of ether oxygens (including phenoxy) is 1. The molecular formula is C23H24F20O2. The number of carbonyl (C=O) groups is 1. The summed E-state index contributed by atoms with van der Waals surface area (Å²) in [6.07, 6.45) is -2.88. The largest absolute Gasteiger partial charge is 0.459 e. The molecule has 1 rings (SSSR count). The standard InChI is InChI=1S/C23H24F20O2/c1-2-3-11-4-6-12(7-5-11)8-9-13(44)45-10-15(26,27)17(30,31)19(34,35)21(38,39)23(42,43)22(40,41)20(36,37)18(32,33)16(28,29)14(24)25/h11-12,14H,2-10H2,1H3/t11-,12-. The Labute approximate surface area is 240 Å². The molecule has 2 nitrogen and oxygen atoms in total. The van der Waals surface area contributed by atoms with Crippen LogP contribution in [0.4, 0.5) is 87.8 Å². The van der Waals surface area contributed by atoms with Crippen molar-refractivity contribution in [1.29, 1.82) is 0 Å². The molecule has 1 aliphatic carbocycles. The molecule has 1 aliphatic rings. The molecule has 0 unspecified atom stereocenters. The van der Waals surface area contributed by atoms with Crippen LogP contribution in [0.3, 0.4) is 0 Å². The maximum Gasteiger partial charge on any atom is 0.385 e. The van der Waals surface area contributed by atoms with Gasteiger partial charge in [-0.2, -0.15) is 79.0 Å². The highest BCUT2D eigenvalue weighted by molar-refractivity contribution is 5.69. The second-order valence-electron chi connectivity index (χ2n) is 10.5. The summed E-state index contributed by atoms with van der Waals surface area (Å²) in [4.78, 5) is 11.7. The highest BCUT2D eigenvalue weighted by Gasteiger charge is 2.96. The quantitative estimate of drug-likeness (QED) is 0.118. The van der Waals surface area contributed by atoms with Crippen molar-refractivity contribution >= 4 is 5.97 Å². The lowest BCUT2D eigenvalue weighted by Crippen LogP contribution is -2.76. The van der Waals surface area contributed by atoms with E-state index in [1.165, 1.54) is 0 Å². The predicted molar refractivity (Wildman–Crippen MR) is 111 cm³/mol. The zero-order valence-corrected chi connectivity index (χ0v) is 22.5.